The van der Waals surface area contributed by atoms with Crippen LogP contribution in [0, 0.1) is 5.41 Å². The van der Waals surface area contributed by atoms with Crippen molar-refractivity contribution in [3.8, 4) is 0 Å². The Morgan fingerprint density at radius 1 is 1.19 bits per heavy atom. The van der Waals surface area contributed by atoms with E-state index in [-0.39, 0.29) is 12.2 Å². The number of anilines is 1. The fourth-order valence-electron chi connectivity index (χ4n) is 3.04. The third-order valence-corrected chi connectivity index (χ3v) is 4.31. The van der Waals surface area contributed by atoms with Crippen molar-refractivity contribution in [2.45, 2.75) is 6.42 Å². The number of hydrogen-bond donors (Lipinski definition) is 3. The summed E-state index contributed by atoms with van der Waals surface area (Å²) in [5, 5.41) is 16.8. The lowest BCUT2D eigenvalue weighted by Gasteiger charge is -2.29. The molecule has 0 radical (unpaired) electrons. The van der Waals surface area contributed by atoms with E-state index in [1.807, 2.05) is 0 Å². The molecule has 1 heterocycles. The molecule has 2 aromatic carbocycles. The Labute approximate surface area is 155 Å². The Bertz CT molecular complexity index is 927. The van der Waals surface area contributed by atoms with Crippen LogP contribution in [0.1, 0.15) is 26.3 Å². The van der Waals surface area contributed by atoms with Crippen LogP contribution in [0.15, 0.2) is 48.5 Å². The van der Waals surface area contributed by atoms with Gasteiger partial charge in [-0.15, -0.1) is 0 Å². The number of fused-ring (bicyclic) bond motifs is 1. The van der Waals surface area contributed by atoms with Crippen LogP contribution >= 0.6 is 0 Å². The van der Waals surface area contributed by atoms with E-state index in [0.29, 0.717) is 24.1 Å². The molecule has 0 aromatic heterocycles. The number of nitrogens with zero attached hydrogens (tertiary/aromatic N) is 2. The van der Waals surface area contributed by atoms with E-state index < -0.39 is 23.7 Å². The van der Waals surface area contributed by atoms with E-state index in [2.05, 4.69) is 0 Å². The monoisotopic (exact) mass is 366 g/mol. The largest absolute Gasteiger partial charge is 0.480 e. The van der Waals surface area contributed by atoms with E-state index >= 15 is 0 Å². The second-order valence-corrected chi connectivity index (χ2v) is 6.10. The first-order chi connectivity index (χ1) is 12.9. The van der Waals surface area contributed by atoms with Crippen LogP contribution in [-0.4, -0.2) is 46.8 Å². The van der Waals surface area contributed by atoms with Crippen molar-refractivity contribution < 1.29 is 19.5 Å². The van der Waals surface area contributed by atoms with Crippen LogP contribution in [0.4, 0.5) is 5.69 Å². The van der Waals surface area contributed by atoms with Gasteiger partial charge >= 0.3 is 5.97 Å². The Hall–Kier alpha value is -3.68. The lowest BCUT2D eigenvalue weighted by molar-refractivity contribution is -0.137. The minimum absolute atomic E-state index is 0.278. The lowest BCUT2D eigenvalue weighted by atomic mass is 9.98. The van der Waals surface area contributed by atoms with E-state index in [9.17, 15) is 14.4 Å². The van der Waals surface area contributed by atoms with Gasteiger partial charge in [0.2, 0.25) is 0 Å². The van der Waals surface area contributed by atoms with Crippen LogP contribution in [-0.2, 0) is 11.2 Å². The molecule has 1 aliphatic heterocycles. The van der Waals surface area contributed by atoms with Gasteiger partial charge < -0.3 is 15.7 Å². The zero-order valence-electron chi connectivity index (χ0n) is 14.4. The van der Waals surface area contributed by atoms with Crippen molar-refractivity contribution in [2.24, 2.45) is 5.73 Å². The van der Waals surface area contributed by atoms with Gasteiger partial charge in [0.15, 0.2) is 5.96 Å². The summed E-state index contributed by atoms with van der Waals surface area (Å²) in [6.07, 6.45) is 0.515. The van der Waals surface area contributed by atoms with Crippen LogP contribution < -0.4 is 10.6 Å². The number of benzene rings is 2. The highest BCUT2D eigenvalue weighted by molar-refractivity contribution is 6.21. The van der Waals surface area contributed by atoms with Crippen molar-refractivity contribution in [3.05, 3.63) is 65.2 Å². The molecule has 0 unspecified atom stereocenters. The quantitative estimate of drug-likeness (QED) is 0.555. The van der Waals surface area contributed by atoms with E-state index in [0.717, 1.165) is 10.5 Å². The maximum atomic E-state index is 12.8. The minimum atomic E-state index is -1.09. The van der Waals surface area contributed by atoms with Gasteiger partial charge in [-0.25, -0.2) is 4.90 Å². The van der Waals surface area contributed by atoms with Crippen molar-refractivity contribution in [3.63, 3.8) is 0 Å². The fraction of sp³-hybridized carbons (Fsp3) is 0.158. The van der Waals surface area contributed by atoms with Crippen LogP contribution in [0.2, 0.25) is 0 Å². The number of rotatable bonds is 4. The SMILES string of the molecule is N=C(N)N(C(=O)c1ccccc1)c1ccc2c(c1)C(=O)N(CC(=O)O)CC2. The molecule has 138 valence electrons. The standard InChI is InChI=1S/C19H18N4O4/c20-19(21)23(17(26)13-4-2-1-3-5-13)14-7-6-12-8-9-22(11-16(24)25)18(27)15(12)10-14/h1-7,10H,8-9,11H2,(H3,20,21)(H,24,25). The van der Waals surface area contributed by atoms with Crippen molar-refractivity contribution in [1.82, 2.24) is 4.90 Å². The van der Waals surface area contributed by atoms with E-state index in [1.165, 1.54) is 11.0 Å². The van der Waals surface area contributed by atoms with Crippen LogP contribution in [0.5, 0.6) is 0 Å². The molecule has 2 amide bonds. The molecule has 0 aliphatic carbocycles. The molecule has 27 heavy (non-hydrogen) atoms. The fourth-order valence-corrected chi connectivity index (χ4v) is 3.04. The summed E-state index contributed by atoms with van der Waals surface area (Å²) in [6.45, 7) is -0.0707. The Balaban J connectivity index is 1.98. The Morgan fingerprint density at radius 3 is 2.52 bits per heavy atom. The molecule has 1 aliphatic rings. The first-order valence-corrected chi connectivity index (χ1v) is 8.26. The predicted octanol–water partition coefficient (Wildman–Crippen LogP) is 1.31. The zero-order valence-corrected chi connectivity index (χ0v) is 14.4. The highest BCUT2D eigenvalue weighted by Crippen LogP contribution is 2.26. The van der Waals surface area contributed by atoms with E-state index in [1.54, 1.807) is 42.5 Å². The third-order valence-electron chi connectivity index (χ3n) is 4.31. The molecule has 0 saturated heterocycles. The first kappa shape index (κ1) is 18.1. The van der Waals surface area contributed by atoms with Crippen LogP contribution in [0.25, 0.3) is 0 Å². The zero-order chi connectivity index (χ0) is 19.6. The lowest BCUT2D eigenvalue weighted by Crippen LogP contribution is -2.43. The van der Waals surface area contributed by atoms with Gasteiger partial charge in [0.25, 0.3) is 11.8 Å². The maximum absolute atomic E-state index is 12.8. The van der Waals surface area contributed by atoms with Gasteiger partial charge in [0.05, 0.1) is 5.69 Å². The van der Waals surface area contributed by atoms with Crippen molar-refractivity contribution >= 4 is 29.4 Å². The van der Waals surface area contributed by atoms with Crippen LogP contribution in [0.3, 0.4) is 0 Å². The summed E-state index contributed by atoms with van der Waals surface area (Å²) in [5.41, 5.74) is 7.33. The number of aliphatic carboxylic acids is 1. The highest BCUT2D eigenvalue weighted by atomic mass is 16.4. The predicted molar refractivity (Wildman–Crippen MR) is 98.9 cm³/mol. The normalized spacial score (nSPS) is 13.0. The first-order valence-electron chi connectivity index (χ1n) is 8.26. The van der Waals surface area contributed by atoms with E-state index in [4.69, 9.17) is 16.2 Å². The average Bonchev–Trinajstić information content (AvgIpc) is 2.64. The van der Waals surface area contributed by atoms with Gasteiger partial charge in [-0.3, -0.25) is 19.8 Å². The molecule has 0 spiro atoms. The average molecular weight is 366 g/mol. The number of nitrogens with two attached hydrogens (primary N) is 1. The molecular formula is C19H18N4O4. The number of carbonyl (C=O) groups excluding carboxylic acids is 2. The Kier molecular flexibility index (Phi) is 4.89. The number of carboxylic acid groups (broad SMARTS) is 1. The molecule has 3 rings (SSSR count). The molecule has 0 saturated carbocycles. The summed E-state index contributed by atoms with van der Waals surface area (Å²) < 4.78 is 0. The van der Waals surface area contributed by atoms with Gasteiger partial charge in [-0.05, 0) is 36.2 Å². The number of nitrogens with one attached hydrogen (secondary N) is 1. The highest BCUT2D eigenvalue weighted by Gasteiger charge is 2.28. The molecule has 0 bridgehead atoms. The van der Waals surface area contributed by atoms with Gasteiger partial charge in [-0.2, -0.15) is 0 Å². The van der Waals surface area contributed by atoms with Gasteiger partial charge in [0, 0.05) is 17.7 Å². The van der Waals surface area contributed by atoms with Crippen molar-refractivity contribution in [1.29, 1.82) is 5.41 Å². The summed E-state index contributed by atoms with van der Waals surface area (Å²) in [6, 6.07) is 13.2. The summed E-state index contributed by atoms with van der Waals surface area (Å²) in [5.74, 6) is -2.48. The molecule has 8 heteroatoms. The summed E-state index contributed by atoms with van der Waals surface area (Å²) >= 11 is 0. The molecule has 2 aromatic rings. The maximum Gasteiger partial charge on any atom is 0.323 e. The molecule has 0 fully saturated rings. The second-order valence-electron chi connectivity index (χ2n) is 6.10. The number of amides is 2. The summed E-state index contributed by atoms with van der Waals surface area (Å²) in [4.78, 5) is 38.6. The second kappa shape index (κ2) is 7.28. The number of carboxylic acids is 1. The number of hydrogen-bond acceptors (Lipinski definition) is 4. The van der Waals surface area contributed by atoms with Crippen molar-refractivity contribution in [2.75, 3.05) is 18.0 Å². The molecule has 4 N–H and O–H groups in total. The summed E-state index contributed by atoms with van der Waals surface area (Å²) in [7, 11) is 0. The topological polar surface area (TPSA) is 128 Å². The smallest absolute Gasteiger partial charge is 0.323 e. The molecular weight excluding hydrogens is 348 g/mol. The van der Waals surface area contributed by atoms with Gasteiger partial charge in [0.1, 0.15) is 6.54 Å². The number of guanidine groups is 1. The minimum Gasteiger partial charge on any atom is -0.480 e. The molecule has 0 atom stereocenters. The molecule has 8 nitrogen and oxygen atoms in total. The third kappa shape index (κ3) is 3.64. The Morgan fingerprint density at radius 2 is 1.89 bits per heavy atom. The number of carbonyl (C=O) groups is 3. The van der Waals surface area contributed by atoms with Gasteiger partial charge in [-0.1, -0.05) is 24.3 Å².